The van der Waals surface area contributed by atoms with Gasteiger partial charge in [0.15, 0.2) is 5.76 Å². The molecule has 0 aliphatic carbocycles. The molecular formula is C20H21NO5S. The molecule has 1 aliphatic heterocycles. The fourth-order valence-electron chi connectivity index (χ4n) is 3.08. The minimum atomic E-state index is -0.676. The fourth-order valence-corrected chi connectivity index (χ4v) is 3.76. The second-order valence-electron chi connectivity index (χ2n) is 6.22. The third-order valence-corrected chi connectivity index (χ3v) is 5.27. The van der Waals surface area contributed by atoms with Crippen molar-refractivity contribution in [2.45, 2.75) is 13.0 Å². The average molecular weight is 387 g/mol. The number of thiophene rings is 1. The van der Waals surface area contributed by atoms with E-state index in [-0.39, 0.29) is 37.7 Å². The highest BCUT2D eigenvalue weighted by Crippen LogP contribution is 2.39. The molecule has 0 fully saturated rings. The molecule has 27 heavy (non-hydrogen) atoms. The number of benzene rings is 1. The molecule has 1 aliphatic rings. The summed E-state index contributed by atoms with van der Waals surface area (Å²) in [5, 5.41) is 21.1. The van der Waals surface area contributed by atoms with Crippen LogP contribution in [0, 0.1) is 6.92 Å². The molecule has 0 saturated heterocycles. The predicted molar refractivity (Wildman–Crippen MR) is 102 cm³/mol. The number of amides is 1. The van der Waals surface area contributed by atoms with Gasteiger partial charge in [-0.1, -0.05) is 35.9 Å². The van der Waals surface area contributed by atoms with E-state index in [2.05, 4.69) is 0 Å². The first-order chi connectivity index (χ1) is 13.0. The van der Waals surface area contributed by atoms with Gasteiger partial charge in [-0.15, -0.1) is 11.3 Å². The van der Waals surface area contributed by atoms with Gasteiger partial charge in [0.05, 0.1) is 36.3 Å². The van der Waals surface area contributed by atoms with Gasteiger partial charge in [-0.2, -0.15) is 0 Å². The van der Waals surface area contributed by atoms with Crippen molar-refractivity contribution >= 4 is 23.0 Å². The molecule has 1 aromatic carbocycles. The number of carbonyl (C=O) groups is 2. The van der Waals surface area contributed by atoms with Gasteiger partial charge in [0.2, 0.25) is 5.78 Å². The van der Waals surface area contributed by atoms with Crippen LogP contribution in [0.1, 0.15) is 26.8 Å². The van der Waals surface area contributed by atoms with Crippen molar-refractivity contribution in [3.63, 3.8) is 0 Å². The smallest absolute Gasteiger partial charge is 0.290 e. The lowest BCUT2D eigenvalue weighted by molar-refractivity contribution is -0.130. The largest absolute Gasteiger partial charge is 0.503 e. The van der Waals surface area contributed by atoms with Crippen LogP contribution < -0.4 is 0 Å². The lowest BCUT2D eigenvalue weighted by Gasteiger charge is -2.26. The first-order valence-electron chi connectivity index (χ1n) is 8.62. The first kappa shape index (κ1) is 19.3. The maximum atomic E-state index is 13.0. The predicted octanol–water partition coefficient (Wildman–Crippen LogP) is 2.64. The third-order valence-electron chi connectivity index (χ3n) is 4.40. The lowest BCUT2D eigenvalue weighted by Crippen LogP contribution is -2.34. The van der Waals surface area contributed by atoms with Crippen LogP contribution in [0.2, 0.25) is 0 Å². The summed E-state index contributed by atoms with van der Waals surface area (Å²) in [7, 11) is 0. The Morgan fingerprint density at radius 2 is 1.96 bits per heavy atom. The molecule has 0 spiro atoms. The molecular weight excluding hydrogens is 366 g/mol. The van der Waals surface area contributed by atoms with Crippen LogP contribution in [-0.2, 0) is 9.53 Å². The van der Waals surface area contributed by atoms with E-state index in [9.17, 15) is 14.7 Å². The van der Waals surface area contributed by atoms with E-state index in [4.69, 9.17) is 9.84 Å². The number of Topliss-reactive ketones (excluding diaryl/α,β-unsaturated/α-hetero) is 1. The normalized spacial score (nSPS) is 17.0. The fraction of sp³-hybridized carbons (Fsp3) is 0.300. The molecule has 1 unspecified atom stereocenters. The summed E-state index contributed by atoms with van der Waals surface area (Å²) in [4.78, 5) is 27.6. The summed E-state index contributed by atoms with van der Waals surface area (Å²) in [6, 6.07) is 10.3. The van der Waals surface area contributed by atoms with Crippen molar-refractivity contribution in [2.75, 3.05) is 26.4 Å². The monoisotopic (exact) mass is 387 g/mol. The summed E-state index contributed by atoms with van der Waals surface area (Å²) in [5.74, 6) is -1.45. The summed E-state index contributed by atoms with van der Waals surface area (Å²) >= 11 is 1.27. The number of carbonyl (C=O) groups excluding carboxylic acids is 2. The number of aryl methyl sites for hydroxylation is 1. The summed E-state index contributed by atoms with van der Waals surface area (Å²) < 4.78 is 5.27. The third kappa shape index (κ3) is 3.95. The highest BCUT2D eigenvalue weighted by molar-refractivity contribution is 7.12. The van der Waals surface area contributed by atoms with E-state index in [1.807, 2.05) is 31.2 Å². The van der Waals surface area contributed by atoms with Crippen LogP contribution in [0.4, 0.5) is 0 Å². The van der Waals surface area contributed by atoms with Gasteiger partial charge in [0.1, 0.15) is 0 Å². The zero-order valence-corrected chi connectivity index (χ0v) is 15.7. The van der Waals surface area contributed by atoms with Crippen LogP contribution in [0.25, 0.3) is 0 Å². The highest BCUT2D eigenvalue weighted by Gasteiger charge is 2.43. The molecule has 2 heterocycles. The highest BCUT2D eigenvalue weighted by atomic mass is 32.1. The first-order valence-corrected chi connectivity index (χ1v) is 9.50. The quantitative estimate of drug-likeness (QED) is 0.537. The molecule has 0 radical (unpaired) electrons. The molecule has 7 heteroatoms. The van der Waals surface area contributed by atoms with Gasteiger partial charge < -0.3 is 19.8 Å². The van der Waals surface area contributed by atoms with E-state index < -0.39 is 17.7 Å². The summed E-state index contributed by atoms with van der Waals surface area (Å²) in [6.45, 7) is 2.40. The standard InChI is InChI=1S/C20H21NO5S/c1-13-4-6-14(7-5-13)17-16(18(23)15-3-2-12-27-15)19(24)20(25)21(17)8-10-26-11-9-22/h2-7,12,17,22,24H,8-11H2,1H3. The van der Waals surface area contributed by atoms with Gasteiger partial charge in [-0.05, 0) is 23.9 Å². The number of aliphatic hydroxyl groups is 2. The Bertz CT molecular complexity index is 842. The van der Waals surface area contributed by atoms with Crippen LogP contribution >= 0.6 is 11.3 Å². The molecule has 6 nitrogen and oxygen atoms in total. The number of aliphatic hydroxyl groups excluding tert-OH is 2. The number of ketones is 1. The summed E-state index contributed by atoms with van der Waals surface area (Å²) in [5.41, 5.74) is 1.90. The number of hydrogen-bond donors (Lipinski definition) is 2. The van der Waals surface area contributed by atoms with Gasteiger partial charge >= 0.3 is 0 Å². The van der Waals surface area contributed by atoms with Crippen LogP contribution in [0.3, 0.4) is 0 Å². The van der Waals surface area contributed by atoms with E-state index in [0.29, 0.717) is 4.88 Å². The average Bonchev–Trinajstić information content (AvgIpc) is 3.28. The number of hydrogen-bond acceptors (Lipinski definition) is 6. The minimum Gasteiger partial charge on any atom is -0.503 e. The molecule has 2 N–H and O–H groups in total. The Kier molecular flexibility index (Phi) is 6.05. The molecule has 0 saturated carbocycles. The van der Waals surface area contributed by atoms with Gasteiger partial charge in [-0.3, -0.25) is 9.59 Å². The van der Waals surface area contributed by atoms with Crippen LogP contribution in [0.5, 0.6) is 0 Å². The Morgan fingerprint density at radius 1 is 1.22 bits per heavy atom. The van der Waals surface area contributed by atoms with Crippen molar-refractivity contribution < 1.29 is 24.5 Å². The lowest BCUT2D eigenvalue weighted by atomic mass is 9.95. The van der Waals surface area contributed by atoms with Gasteiger partial charge in [0.25, 0.3) is 5.91 Å². The zero-order valence-electron chi connectivity index (χ0n) is 14.9. The van der Waals surface area contributed by atoms with Crippen molar-refractivity contribution in [3.8, 4) is 0 Å². The number of ether oxygens (including phenoxy) is 1. The number of nitrogens with zero attached hydrogens (tertiary/aromatic N) is 1. The Morgan fingerprint density at radius 3 is 2.59 bits per heavy atom. The Labute approximate surface area is 161 Å². The van der Waals surface area contributed by atoms with Crippen molar-refractivity contribution in [1.82, 2.24) is 4.90 Å². The molecule has 3 rings (SSSR count). The molecule has 1 aromatic heterocycles. The van der Waals surface area contributed by atoms with E-state index >= 15 is 0 Å². The van der Waals surface area contributed by atoms with Crippen LogP contribution in [0.15, 0.2) is 53.1 Å². The van der Waals surface area contributed by atoms with Crippen molar-refractivity contribution in [3.05, 3.63) is 69.1 Å². The second kappa shape index (κ2) is 8.47. The van der Waals surface area contributed by atoms with Crippen molar-refractivity contribution in [1.29, 1.82) is 0 Å². The van der Waals surface area contributed by atoms with Crippen LogP contribution in [-0.4, -0.2) is 53.2 Å². The van der Waals surface area contributed by atoms with E-state index in [1.54, 1.807) is 17.5 Å². The maximum absolute atomic E-state index is 13.0. The van der Waals surface area contributed by atoms with Gasteiger partial charge in [0, 0.05) is 6.54 Å². The molecule has 0 bridgehead atoms. The molecule has 1 atom stereocenters. The minimum absolute atomic E-state index is 0.0912. The topological polar surface area (TPSA) is 87.1 Å². The van der Waals surface area contributed by atoms with Gasteiger partial charge in [-0.25, -0.2) is 0 Å². The molecule has 142 valence electrons. The van der Waals surface area contributed by atoms with Crippen molar-refractivity contribution in [2.24, 2.45) is 0 Å². The number of rotatable bonds is 8. The maximum Gasteiger partial charge on any atom is 0.290 e. The zero-order chi connectivity index (χ0) is 19.4. The SMILES string of the molecule is Cc1ccc(C2C(C(=O)c3cccs3)=C(O)C(=O)N2CCOCCO)cc1. The van der Waals surface area contributed by atoms with E-state index in [0.717, 1.165) is 11.1 Å². The Hall–Kier alpha value is -2.48. The molecule has 1 amide bonds. The Balaban J connectivity index is 1.96. The molecule has 2 aromatic rings. The van der Waals surface area contributed by atoms with E-state index in [1.165, 1.54) is 16.2 Å². The summed E-state index contributed by atoms with van der Waals surface area (Å²) in [6.07, 6.45) is 0. The second-order valence-corrected chi connectivity index (χ2v) is 7.16.